The van der Waals surface area contributed by atoms with Gasteiger partial charge in [0.05, 0.1) is 22.0 Å². The number of nitrogens with one attached hydrogen (secondary N) is 1. The van der Waals surface area contributed by atoms with Crippen LogP contribution >= 0.6 is 11.6 Å². The predicted octanol–water partition coefficient (Wildman–Crippen LogP) is 3.95. The first-order valence-corrected chi connectivity index (χ1v) is 9.24. The van der Waals surface area contributed by atoms with Gasteiger partial charge in [0.25, 0.3) is 0 Å². The van der Waals surface area contributed by atoms with E-state index in [0.717, 1.165) is 33.8 Å². The van der Waals surface area contributed by atoms with Crippen LogP contribution in [0.4, 0.5) is 0 Å². The Labute approximate surface area is 171 Å². The van der Waals surface area contributed by atoms with E-state index >= 15 is 0 Å². The number of nitrogens with zero attached hydrogens (tertiary/aromatic N) is 4. The molecular weight excluding hydrogens is 390 g/mol. The second kappa shape index (κ2) is 7.41. The summed E-state index contributed by atoms with van der Waals surface area (Å²) in [7, 11) is 0. The van der Waals surface area contributed by atoms with Crippen molar-refractivity contribution in [1.29, 1.82) is 5.26 Å². The second-order valence-corrected chi connectivity index (χ2v) is 7.04. The quantitative estimate of drug-likeness (QED) is 0.554. The van der Waals surface area contributed by atoms with Crippen LogP contribution in [0, 0.1) is 25.2 Å². The van der Waals surface area contributed by atoms with Gasteiger partial charge in [0.2, 0.25) is 5.89 Å². The largest absolute Gasteiger partial charge is 0.434 e. The lowest BCUT2D eigenvalue weighted by molar-refractivity contribution is 0.527. The first-order valence-electron chi connectivity index (χ1n) is 8.86. The van der Waals surface area contributed by atoms with Gasteiger partial charge in [0.15, 0.2) is 0 Å². The summed E-state index contributed by atoms with van der Waals surface area (Å²) in [6.45, 7) is 3.98. The van der Waals surface area contributed by atoms with Crippen LogP contribution in [0.5, 0.6) is 0 Å². The molecule has 29 heavy (non-hydrogen) atoms. The number of benzene rings is 2. The lowest BCUT2D eigenvalue weighted by Gasteiger charge is -2.07. The lowest BCUT2D eigenvalue weighted by atomic mass is 10.0. The summed E-state index contributed by atoms with van der Waals surface area (Å²) in [5.74, 6) is -0.315. The molecule has 0 aliphatic carbocycles. The van der Waals surface area contributed by atoms with Crippen LogP contribution in [-0.4, -0.2) is 20.0 Å². The Bertz CT molecular complexity index is 1290. The van der Waals surface area contributed by atoms with Crippen molar-refractivity contribution >= 4 is 11.6 Å². The molecule has 8 heteroatoms. The van der Waals surface area contributed by atoms with E-state index in [9.17, 15) is 4.79 Å². The van der Waals surface area contributed by atoms with Crippen LogP contribution in [0.2, 0.25) is 5.02 Å². The standard InChI is InChI=1S/C21H16ClN5O2/c1-12-18(9-14-3-5-15(6-4-14)20-24-25-21(28)29-20)13(2)27(26-12)17-8-7-16(11-23)19(22)10-17/h3-8,10H,9H2,1-2H3,(H,25,28). The average Bonchev–Trinajstić information content (AvgIpc) is 3.27. The van der Waals surface area contributed by atoms with Crippen molar-refractivity contribution in [1.82, 2.24) is 20.0 Å². The van der Waals surface area contributed by atoms with Gasteiger partial charge >= 0.3 is 5.76 Å². The molecule has 4 rings (SSSR count). The molecule has 0 aliphatic heterocycles. The molecule has 4 aromatic rings. The fraction of sp³-hybridized carbons (Fsp3) is 0.143. The highest BCUT2D eigenvalue weighted by Crippen LogP contribution is 2.25. The number of rotatable bonds is 4. The maximum Gasteiger partial charge on any atom is 0.434 e. The fourth-order valence-electron chi connectivity index (χ4n) is 3.23. The molecular formula is C21H16ClN5O2. The van der Waals surface area contributed by atoms with Gasteiger partial charge in [-0.3, -0.25) is 0 Å². The average molecular weight is 406 g/mol. The maximum atomic E-state index is 11.1. The molecule has 0 atom stereocenters. The number of hydrogen-bond acceptors (Lipinski definition) is 5. The van der Waals surface area contributed by atoms with Crippen LogP contribution in [0.3, 0.4) is 0 Å². The molecule has 0 amide bonds. The highest BCUT2D eigenvalue weighted by Gasteiger charge is 2.15. The Morgan fingerprint density at radius 3 is 2.59 bits per heavy atom. The molecule has 2 aromatic carbocycles. The Morgan fingerprint density at radius 1 is 1.21 bits per heavy atom. The number of H-pyrrole nitrogens is 1. The van der Waals surface area contributed by atoms with Gasteiger partial charge in [-0.1, -0.05) is 23.7 Å². The maximum absolute atomic E-state index is 11.1. The summed E-state index contributed by atoms with van der Waals surface area (Å²) in [6.07, 6.45) is 0.701. The van der Waals surface area contributed by atoms with Gasteiger partial charge in [-0.25, -0.2) is 14.6 Å². The molecule has 0 spiro atoms. The van der Waals surface area contributed by atoms with Crippen LogP contribution in [0.25, 0.3) is 17.1 Å². The molecule has 0 unspecified atom stereocenters. The highest BCUT2D eigenvalue weighted by molar-refractivity contribution is 6.31. The number of aryl methyl sites for hydroxylation is 1. The van der Waals surface area contributed by atoms with Gasteiger partial charge in [-0.05, 0) is 49.7 Å². The summed E-state index contributed by atoms with van der Waals surface area (Å²) < 4.78 is 6.82. The topological polar surface area (TPSA) is 100 Å². The number of aromatic nitrogens is 4. The van der Waals surface area contributed by atoms with Crippen molar-refractivity contribution in [3.63, 3.8) is 0 Å². The first-order chi connectivity index (χ1) is 14.0. The van der Waals surface area contributed by atoms with E-state index in [1.165, 1.54) is 0 Å². The molecule has 0 radical (unpaired) electrons. The predicted molar refractivity (Wildman–Crippen MR) is 108 cm³/mol. The molecule has 0 saturated carbocycles. The van der Waals surface area contributed by atoms with Crippen molar-refractivity contribution in [3.8, 4) is 23.2 Å². The van der Waals surface area contributed by atoms with Gasteiger partial charge in [-0.2, -0.15) is 10.4 Å². The first kappa shape index (κ1) is 18.7. The minimum absolute atomic E-state index is 0.263. The van der Waals surface area contributed by atoms with E-state index in [1.807, 2.05) is 48.9 Å². The third-order valence-corrected chi connectivity index (χ3v) is 5.09. The molecule has 0 bridgehead atoms. The molecule has 0 aliphatic rings. The molecule has 0 saturated heterocycles. The molecule has 7 nitrogen and oxygen atoms in total. The minimum atomic E-state index is -0.578. The number of aromatic amines is 1. The number of hydrogen-bond donors (Lipinski definition) is 1. The number of nitriles is 1. The summed E-state index contributed by atoms with van der Waals surface area (Å²) in [4.78, 5) is 11.1. The van der Waals surface area contributed by atoms with Gasteiger partial charge < -0.3 is 4.42 Å². The van der Waals surface area contributed by atoms with E-state index in [2.05, 4.69) is 21.4 Å². The zero-order chi connectivity index (χ0) is 20.5. The van der Waals surface area contributed by atoms with Crippen molar-refractivity contribution in [2.24, 2.45) is 0 Å². The van der Waals surface area contributed by atoms with Crippen LogP contribution in [-0.2, 0) is 6.42 Å². The van der Waals surface area contributed by atoms with Crippen molar-refractivity contribution < 1.29 is 4.42 Å². The fourth-order valence-corrected chi connectivity index (χ4v) is 3.45. The van der Waals surface area contributed by atoms with Crippen LogP contribution < -0.4 is 5.76 Å². The smallest absolute Gasteiger partial charge is 0.388 e. The molecule has 144 valence electrons. The molecule has 0 fully saturated rings. The Morgan fingerprint density at radius 2 is 1.97 bits per heavy atom. The van der Waals surface area contributed by atoms with Crippen molar-refractivity contribution in [3.05, 3.63) is 86.1 Å². The van der Waals surface area contributed by atoms with E-state index in [1.54, 1.807) is 12.1 Å². The second-order valence-electron chi connectivity index (χ2n) is 6.63. The minimum Gasteiger partial charge on any atom is -0.388 e. The van der Waals surface area contributed by atoms with Gasteiger partial charge in [0, 0.05) is 23.2 Å². The lowest BCUT2D eigenvalue weighted by Crippen LogP contribution is -2.00. The summed E-state index contributed by atoms with van der Waals surface area (Å²) >= 11 is 6.18. The summed E-state index contributed by atoms with van der Waals surface area (Å²) in [5, 5.41) is 20.2. The van der Waals surface area contributed by atoms with E-state index in [-0.39, 0.29) is 5.89 Å². The summed E-state index contributed by atoms with van der Waals surface area (Å²) in [6, 6.07) is 15.0. The molecule has 2 aromatic heterocycles. The highest BCUT2D eigenvalue weighted by atomic mass is 35.5. The Hall–Kier alpha value is -3.63. The van der Waals surface area contributed by atoms with E-state index < -0.39 is 5.76 Å². The van der Waals surface area contributed by atoms with Crippen LogP contribution in [0.15, 0.2) is 51.7 Å². The third kappa shape index (κ3) is 3.58. The molecule has 2 heterocycles. The van der Waals surface area contributed by atoms with Crippen LogP contribution in [0.1, 0.15) is 28.1 Å². The normalized spacial score (nSPS) is 10.8. The third-order valence-electron chi connectivity index (χ3n) is 4.78. The van der Waals surface area contributed by atoms with Gasteiger partial charge in [-0.15, -0.1) is 5.10 Å². The Balaban J connectivity index is 1.62. The van der Waals surface area contributed by atoms with Crippen molar-refractivity contribution in [2.75, 3.05) is 0 Å². The van der Waals surface area contributed by atoms with Gasteiger partial charge in [0.1, 0.15) is 6.07 Å². The Kier molecular flexibility index (Phi) is 4.79. The number of halogens is 1. The van der Waals surface area contributed by atoms with E-state index in [4.69, 9.17) is 21.3 Å². The summed E-state index contributed by atoms with van der Waals surface area (Å²) in [5.41, 5.74) is 6.11. The molecule has 1 N–H and O–H groups in total. The monoisotopic (exact) mass is 405 g/mol. The SMILES string of the molecule is Cc1nn(-c2ccc(C#N)c(Cl)c2)c(C)c1Cc1ccc(-c2n[nH]c(=O)o2)cc1. The van der Waals surface area contributed by atoms with E-state index in [0.29, 0.717) is 17.0 Å². The zero-order valence-corrected chi connectivity index (χ0v) is 16.5. The van der Waals surface area contributed by atoms with Crippen molar-refractivity contribution in [2.45, 2.75) is 20.3 Å². The zero-order valence-electron chi connectivity index (χ0n) is 15.7.